The van der Waals surface area contributed by atoms with Crippen LogP contribution in [0, 0.1) is 0 Å². The molecular weight excluding hydrogens is 701 g/mol. The van der Waals surface area contributed by atoms with Crippen molar-refractivity contribution in [3.63, 3.8) is 0 Å². The number of hydrogen-bond donors (Lipinski definition) is 0. The van der Waals surface area contributed by atoms with Crippen LogP contribution in [0.25, 0.3) is 110 Å². The molecule has 0 saturated heterocycles. The highest BCUT2D eigenvalue weighted by Gasteiger charge is 2.36. The molecule has 0 N–H and O–H groups in total. The predicted molar refractivity (Wildman–Crippen MR) is 246 cm³/mol. The Morgan fingerprint density at radius 2 is 0.776 bits per heavy atom. The van der Waals surface area contributed by atoms with Gasteiger partial charge in [-0.3, -0.25) is 0 Å². The third-order valence-electron chi connectivity index (χ3n) is 12.9. The van der Waals surface area contributed by atoms with E-state index in [1.165, 1.54) is 99.1 Å². The minimum atomic E-state index is -0.180. The van der Waals surface area contributed by atoms with Gasteiger partial charge >= 0.3 is 0 Å². The normalized spacial score (nSPS) is 13.1. The van der Waals surface area contributed by atoms with E-state index in [-0.39, 0.29) is 5.41 Å². The monoisotopic (exact) mass is 738 g/mol. The van der Waals surface area contributed by atoms with Crippen molar-refractivity contribution in [2.45, 2.75) is 19.3 Å². The Kier molecular flexibility index (Phi) is 7.04. The summed E-state index contributed by atoms with van der Waals surface area (Å²) in [4.78, 5) is 0. The summed E-state index contributed by atoms with van der Waals surface area (Å²) in [7, 11) is 0. The summed E-state index contributed by atoms with van der Waals surface area (Å²) >= 11 is 0. The second kappa shape index (κ2) is 12.4. The first-order chi connectivity index (χ1) is 28.5. The van der Waals surface area contributed by atoms with E-state index >= 15 is 0 Å². The van der Waals surface area contributed by atoms with Gasteiger partial charge in [0.2, 0.25) is 0 Å². The Hall–Kier alpha value is -7.22. The topological polar surface area (TPSA) is 13.1 Å². The zero-order chi connectivity index (χ0) is 38.5. The minimum Gasteiger partial charge on any atom is -0.456 e. The van der Waals surface area contributed by atoms with Crippen molar-refractivity contribution >= 4 is 54.3 Å². The van der Waals surface area contributed by atoms with Crippen LogP contribution in [-0.2, 0) is 5.41 Å². The van der Waals surface area contributed by atoms with Gasteiger partial charge in [-0.1, -0.05) is 178 Å². The number of furan rings is 1. The molecule has 1 heteroatoms. The number of para-hydroxylation sites is 1. The summed E-state index contributed by atoms with van der Waals surface area (Å²) in [5.74, 6) is 0. The van der Waals surface area contributed by atoms with Gasteiger partial charge in [-0.05, 0) is 129 Å². The quantitative estimate of drug-likeness (QED) is 0.164. The van der Waals surface area contributed by atoms with Crippen LogP contribution in [0.5, 0.6) is 0 Å². The SMILES string of the molecule is CC1(C)c2cc(-c3ccc4oc5ccccc5c4c3)ccc2-c2ccc(-c3c4ccccc4c(-c4ccc(-c5cccc6ccccc56)cc4)c4ccccc34)cc21. The lowest BCUT2D eigenvalue weighted by atomic mass is 9.80. The van der Waals surface area contributed by atoms with Crippen molar-refractivity contribution in [1.82, 2.24) is 0 Å². The Balaban J connectivity index is 0.972. The Morgan fingerprint density at radius 3 is 1.47 bits per heavy atom. The van der Waals surface area contributed by atoms with Crippen molar-refractivity contribution in [2.24, 2.45) is 0 Å². The van der Waals surface area contributed by atoms with E-state index in [2.05, 4.69) is 196 Å². The summed E-state index contributed by atoms with van der Waals surface area (Å²) < 4.78 is 6.15. The zero-order valence-electron chi connectivity index (χ0n) is 32.4. The van der Waals surface area contributed by atoms with Crippen molar-refractivity contribution < 1.29 is 4.42 Å². The molecule has 0 saturated carbocycles. The molecule has 11 aromatic rings. The maximum atomic E-state index is 6.15. The molecule has 0 bridgehead atoms. The molecule has 1 heterocycles. The molecule has 58 heavy (non-hydrogen) atoms. The van der Waals surface area contributed by atoms with Crippen molar-refractivity contribution in [1.29, 1.82) is 0 Å². The maximum Gasteiger partial charge on any atom is 0.135 e. The minimum absolute atomic E-state index is 0.180. The molecule has 1 aliphatic rings. The van der Waals surface area contributed by atoms with E-state index in [4.69, 9.17) is 4.42 Å². The molecule has 1 aromatic heterocycles. The lowest BCUT2D eigenvalue weighted by molar-refractivity contribution is 0.661. The largest absolute Gasteiger partial charge is 0.456 e. The molecule has 1 nitrogen and oxygen atoms in total. The van der Waals surface area contributed by atoms with Gasteiger partial charge < -0.3 is 4.42 Å². The maximum absolute atomic E-state index is 6.15. The first-order valence-corrected chi connectivity index (χ1v) is 20.2. The van der Waals surface area contributed by atoms with Crippen LogP contribution in [0.15, 0.2) is 199 Å². The first kappa shape index (κ1) is 33.0. The molecule has 0 fully saturated rings. The zero-order valence-corrected chi connectivity index (χ0v) is 32.4. The van der Waals surface area contributed by atoms with Crippen molar-refractivity contribution in [3.05, 3.63) is 205 Å². The number of fused-ring (bicyclic) bond motifs is 9. The average Bonchev–Trinajstić information content (AvgIpc) is 3.76. The van der Waals surface area contributed by atoms with E-state index < -0.39 is 0 Å². The highest BCUT2D eigenvalue weighted by molar-refractivity contribution is 6.21. The lowest BCUT2D eigenvalue weighted by Crippen LogP contribution is -2.15. The fourth-order valence-corrected chi connectivity index (χ4v) is 10.0. The summed E-state index contributed by atoms with van der Waals surface area (Å²) in [5.41, 5.74) is 17.0. The predicted octanol–water partition coefficient (Wildman–Crippen LogP) is 16.0. The highest BCUT2D eigenvalue weighted by Crippen LogP contribution is 2.52. The summed E-state index contributed by atoms with van der Waals surface area (Å²) in [5, 5.41) is 9.93. The summed E-state index contributed by atoms with van der Waals surface area (Å²) in [6.45, 7) is 4.78. The van der Waals surface area contributed by atoms with Crippen LogP contribution >= 0.6 is 0 Å². The van der Waals surface area contributed by atoms with E-state index in [1.54, 1.807) is 0 Å². The molecule has 0 spiro atoms. The standard InChI is InChI=1S/C57H38O/c1-57(2)51-33-39(38-28-31-54-50(32-38)45-15-9-10-21-53(45)58-54)26-29-43(51)44-30-27-40(34-52(44)57)56-48-18-7-5-16-46(48)55(47-17-6-8-19-49(47)56)37-24-22-36(23-25-37)42-20-11-13-35-12-3-4-14-41(35)42/h3-34H,1-2H3. The van der Waals surface area contributed by atoms with Gasteiger partial charge in [-0.15, -0.1) is 0 Å². The third kappa shape index (κ3) is 4.83. The van der Waals surface area contributed by atoms with Gasteiger partial charge in [0, 0.05) is 16.2 Å². The van der Waals surface area contributed by atoms with Gasteiger partial charge in [-0.2, -0.15) is 0 Å². The van der Waals surface area contributed by atoms with Crippen molar-refractivity contribution in [3.8, 4) is 55.6 Å². The van der Waals surface area contributed by atoms with E-state index in [1.807, 2.05) is 12.1 Å². The molecule has 0 atom stereocenters. The van der Waals surface area contributed by atoms with Gasteiger partial charge in [0.25, 0.3) is 0 Å². The van der Waals surface area contributed by atoms with Crippen LogP contribution in [0.2, 0.25) is 0 Å². The molecule has 272 valence electrons. The van der Waals surface area contributed by atoms with Crippen LogP contribution in [0.4, 0.5) is 0 Å². The molecule has 0 amide bonds. The molecule has 0 unspecified atom stereocenters. The van der Waals surface area contributed by atoms with E-state index in [0.29, 0.717) is 0 Å². The molecule has 0 radical (unpaired) electrons. The number of hydrogen-bond acceptors (Lipinski definition) is 1. The highest BCUT2D eigenvalue weighted by atomic mass is 16.3. The molecule has 12 rings (SSSR count). The fourth-order valence-electron chi connectivity index (χ4n) is 10.0. The number of benzene rings is 10. The van der Waals surface area contributed by atoms with Crippen LogP contribution in [-0.4, -0.2) is 0 Å². The van der Waals surface area contributed by atoms with E-state index in [0.717, 1.165) is 21.9 Å². The van der Waals surface area contributed by atoms with Gasteiger partial charge in [0.15, 0.2) is 0 Å². The summed E-state index contributed by atoms with van der Waals surface area (Å²) in [6.07, 6.45) is 0. The fraction of sp³-hybridized carbons (Fsp3) is 0.0526. The lowest BCUT2D eigenvalue weighted by Gasteiger charge is -2.23. The van der Waals surface area contributed by atoms with E-state index in [9.17, 15) is 0 Å². The van der Waals surface area contributed by atoms with Gasteiger partial charge in [0.05, 0.1) is 0 Å². The average molecular weight is 739 g/mol. The van der Waals surface area contributed by atoms with Gasteiger partial charge in [0.1, 0.15) is 11.2 Å². The summed E-state index contributed by atoms with van der Waals surface area (Å²) in [6, 6.07) is 71.5. The Labute approximate surface area is 337 Å². The third-order valence-corrected chi connectivity index (χ3v) is 12.9. The molecule has 1 aliphatic carbocycles. The molecule has 10 aromatic carbocycles. The first-order valence-electron chi connectivity index (χ1n) is 20.2. The van der Waals surface area contributed by atoms with Crippen LogP contribution in [0.3, 0.4) is 0 Å². The van der Waals surface area contributed by atoms with Gasteiger partial charge in [-0.25, -0.2) is 0 Å². The smallest absolute Gasteiger partial charge is 0.135 e. The second-order valence-electron chi connectivity index (χ2n) is 16.4. The van der Waals surface area contributed by atoms with Crippen LogP contribution < -0.4 is 0 Å². The molecular formula is C57H38O. The molecule has 0 aliphatic heterocycles. The number of rotatable bonds is 4. The van der Waals surface area contributed by atoms with Crippen LogP contribution in [0.1, 0.15) is 25.0 Å². The second-order valence-corrected chi connectivity index (χ2v) is 16.4. The Morgan fingerprint density at radius 1 is 0.310 bits per heavy atom. The Bertz CT molecular complexity index is 3410. The van der Waals surface area contributed by atoms with Crippen molar-refractivity contribution in [2.75, 3.05) is 0 Å².